The molecule has 0 atom stereocenters. The molecule has 110 valence electrons. The molecule has 1 N–H and O–H groups in total. The number of anilines is 1. The molecule has 2 aromatic carbocycles. The number of rotatable bonds is 5. The molecule has 2 aromatic rings. The van der Waals surface area contributed by atoms with Gasteiger partial charge in [-0.15, -0.1) is 11.8 Å². The van der Waals surface area contributed by atoms with Crippen molar-refractivity contribution in [3.8, 4) is 0 Å². The van der Waals surface area contributed by atoms with Crippen LogP contribution in [0.1, 0.15) is 15.9 Å². The molecule has 3 nitrogen and oxygen atoms in total. The topological polar surface area (TPSA) is 38.3 Å². The maximum atomic E-state index is 11.8. The van der Waals surface area contributed by atoms with Crippen molar-refractivity contribution in [1.82, 2.24) is 0 Å². The number of carbonyl (C=O) groups excluding carboxylic acids is 1. The van der Waals surface area contributed by atoms with Gasteiger partial charge in [0, 0.05) is 22.2 Å². The van der Waals surface area contributed by atoms with E-state index in [4.69, 9.17) is 16.3 Å². The Morgan fingerprint density at radius 2 is 1.95 bits per heavy atom. The van der Waals surface area contributed by atoms with Crippen molar-refractivity contribution in [2.75, 3.05) is 18.7 Å². The van der Waals surface area contributed by atoms with Gasteiger partial charge < -0.3 is 10.1 Å². The van der Waals surface area contributed by atoms with Gasteiger partial charge in [-0.1, -0.05) is 23.7 Å². The number of halogens is 1. The Morgan fingerprint density at radius 3 is 2.57 bits per heavy atom. The Kier molecular flexibility index (Phi) is 5.53. The van der Waals surface area contributed by atoms with Crippen LogP contribution in [0.3, 0.4) is 0 Å². The van der Waals surface area contributed by atoms with Crippen molar-refractivity contribution in [2.45, 2.75) is 11.4 Å². The van der Waals surface area contributed by atoms with Crippen LogP contribution in [0, 0.1) is 0 Å². The molecule has 0 radical (unpaired) electrons. The highest BCUT2D eigenvalue weighted by atomic mass is 35.5. The van der Waals surface area contributed by atoms with Crippen LogP contribution in [-0.2, 0) is 11.3 Å². The average molecular weight is 322 g/mol. The lowest BCUT2D eigenvalue weighted by atomic mass is 10.1. The predicted molar refractivity (Wildman–Crippen MR) is 88.3 cm³/mol. The highest BCUT2D eigenvalue weighted by Crippen LogP contribution is 2.22. The molecule has 0 amide bonds. The van der Waals surface area contributed by atoms with Gasteiger partial charge in [0.15, 0.2) is 0 Å². The van der Waals surface area contributed by atoms with E-state index >= 15 is 0 Å². The lowest BCUT2D eigenvalue weighted by Crippen LogP contribution is -2.08. The Bertz CT molecular complexity index is 629. The van der Waals surface area contributed by atoms with E-state index in [2.05, 4.69) is 29.6 Å². The monoisotopic (exact) mass is 321 g/mol. The summed E-state index contributed by atoms with van der Waals surface area (Å²) in [5.41, 5.74) is 2.28. The van der Waals surface area contributed by atoms with Gasteiger partial charge in [-0.05, 0) is 42.2 Å². The first-order chi connectivity index (χ1) is 10.1. The second-order valence-corrected chi connectivity index (χ2v) is 5.70. The number of nitrogens with one attached hydrogen (secondary N) is 1. The minimum Gasteiger partial charge on any atom is -0.465 e. The SMILES string of the molecule is COC(=O)c1cc(Cl)ccc1NCc1ccc(SC)cc1. The van der Waals surface area contributed by atoms with Gasteiger partial charge in [0.2, 0.25) is 0 Å². The lowest BCUT2D eigenvalue weighted by Gasteiger charge is -2.11. The van der Waals surface area contributed by atoms with Crippen molar-refractivity contribution in [3.05, 3.63) is 58.6 Å². The van der Waals surface area contributed by atoms with Crippen molar-refractivity contribution in [1.29, 1.82) is 0 Å². The van der Waals surface area contributed by atoms with Gasteiger partial charge in [0.25, 0.3) is 0 Å². The van der Waals surface area contributed by atoms with E-state index in [1.165, 1.54) is 12.0 Å². The first-order valence-electron chi connectivity index (χ1n) is 6.38. The summed E-state index contributed by atoms with van der Waals surface area (Å²) in [6, 6.07) is 13.4. The van der Waals surface area contributed by atoms with Crippen LogP contribution in [0.5, 0.6) is 0 Å². The van der Waals surface area contributed by atoms with Crippen LogP contribution in [0.4, 0.5) is 5.69 Å². The highest BCUT2D eigenvalue weighted by Gasteiger charge is 2.12. The number of esters is 1. The zero-order valence-electron chi connectivity index (χ0n) is 11.9. The van der Waals surface area contributed by atoms with E-state index in [0.717, 1.165) is 5.56 Å². The second-order valence-electron chi connectivity index (χ2n) is 4.38. The van der Waals surface area contributed by atoms with Crippen molar-refractivity contribution < 1.29 is 9.53 Å². The molecule has 21 heavy (non-hydrogen) atoms. The first kappa shape index (κ1) is 15.7. The van der Waals surface area contributed by atoms with E-state index < -0.39 is 5.97 Å². The summed E-state index contributed by atoms with van der Waals surface area (Å²) in [4.78, 5) is 13.0. The summed E-state index contributed by atoms with van der Waals surface area (Å²) >= 11 is 7.64. The fourth-order valence-corrected chi connectivity index (χ4v) is 2.47. The Morgan fingerprint density at radius 1 is 1.24 bits per heavy atom. The van der Waals surface area contributed by atoms with Crippen LogP contribution < -0.4 is 5.32 Å². The number of hydrogen-bond donors (Lipinski definition) is 1. The van der Waals surface area contributed by atoms with Gasteiger partial charge in [0.05, 0.1) is 12.7 Å². The maximum absolute atomic E-state index is 11.8. The van der Waals surface area contributed by atoms with Crippen LogP contribution in [0.15, 0.2) is 47.4 Å². The third-order valence-corrected chi connectivity index (χ3v) is 4.01. The standard InChI is InChI=1S/C16H16ClNO2S/c1-20-16(19)14-9-12(17)5-8-15(14)18-10-11-3-6-13(21-2)7-4-11/h3-9,18H,10H2,1-2H3. The van der Waals surface area contributed by atoms with Crippen molar-refractivity contribution in [2.24, 2.45) is 0 Å². The molecule has 0 spiro atoms. The van der Waals surface area contributed by atoms with Crippen LogP contribution in [0.25, 0.3) is 0 Å². The number of ether oxygens (including phenoxy) is 1. The third kappa shape index (κ3) is 4.16. The van der Waals surface area contributed by atoms with Crippen molar-refractivity contribution in [3.63, 3.8) is 0 Å². The van der Waals surface area contributed by atoms with Crippen LogP contribution >= 0.6 is 23.4 Å². The molecule has 0 aliphatic heterocycles. The third-order valence-electron chi connectivity index (χ3n) is 3.03. The maximum Gasteiger partial charge on any atom is 0.340 e. The zero-order chi connectivity index (χ0) is 15.2. The number of thioether (sulfide) groups is 1. The molecule has 0 saturated heterocycles. The number of carbonyl (C=O) groups is 1. The Balaban J connectivity index is 2.13. The normalized spacial score (nSPS) is 10.2. The largest absolute Gasteiger partial charge is 0.465 e. The molecule has 0 aromatic heterocycles. The van der Waals surface area contributed by atoms with Gasteiger partial charge in [-0.25, -0.2) is 4.79 Å². The summed E-state index contributed by atoms with van der Waals surface area (Å²) in [6.45, 7) is 0.625. The number of benzene rings is 2. The van der Waals surface area contributed by atoms with E-state index in [9.17, 15) is 4.79 Å². The van der Waals surface area contributed by atoms with Gasteiger partial charge in [-0.3, -0.25) is 0 Å². The average Bonchev–Trinajstić information content (AvgIpc) is 2.53. The number of methoxy groups -OCH3 is 1. The molecule has 0 aliphatic rings. The van der Waals surface area contributed by atoms with Crippen LogP contribution in [-0.4, -0.2) is 19.3 Å². The second kappa shape index (κ2) is 7.38. The highest BCUT2D eigenvalue weighted by molar-refractivity contribution is 7.98. The zero-order valence-corrected chi connectivity index (χ0v) is 13.4. The summed E-state index contributed by atoms with van der Waals surface area (Å²) in [7, 11) is 1.36. The molecule has 0 heterocycles. The lowest BCUT2D eigenvalue weighted by molar-refractivity contribution is 0.0602. The number of hydrogen-bond acceptors (Lipinski definition) is 4. The van der Waals surface area contributed by atoms with Gasteiger partial charge >= 0.3 is 5.97 Å². The molecule has 0 saturated carbocycles. The summed E-state index contributed by atoms with van der Waals surface area (Å²) in [6.07, 6.45) is 2.05. The molecule has 0 unspecified atom stereocenters. The van der Waals surface area contributed by atoms with Gasteiger partial charge in [0.1, 0.15) is 0 Å². The Hall–Kier alpha value is -1.65. The molecular formula is C16H16ClNO2S. The fourth-order valence-electron chi connectivity index (χ4n) is 1.89. The summed E-state index contributed by atoms with van der Waals surface area (Å²) in [5.74, 6) is -0.405. The van der Waals surface area contributed by atoms with Crippen molar-refractivity contribution >= 4 is 35.0 Å². The molecule has 0 aliphatic carbocycles. The van der Waals surface area contributed by atoms with E-state index in [-0.39, 0.29) is 0 Å². The van der Waals surface area contributed by atoms with E-state index in [0.29, 0.717) is 22.8 Å². The predicted octanol–water partition coefficient (Wildman–Crippen LogP) is 4.46. The molecule has 5 heteroatoms. The molecule has 0 fully saturated rings. The van der Waals surface area contributed by atoms with Crippen LogP contribution in [0.2, 0.25) is 5.02 Å². The minimum absolute atomic E-state index is 0.405. The first-order valence-corrected chi connectivity index (χ1v) is 7.99. The van der Waals surface area contributed by atoms with E-state index in [1.807, 2.05) is 6.26 Å². The fraction of sp³-hybridized carbons (Fsp3) is 0.188. The quantitative estimate of drug-likeness (QED) is 0.651. The van der Waals surface area contributed by atoms with E-state index in [1.54, 1.807) is 30.0 Å². The molecule has 2 rings (SSSR count). The Labute approximate surface area is 133 Å². The molecular weight excluding hydrogens is 306 g/mol. The smallest absolute Gasteiger partial charge is 0.340 e. The minimum atomic E-state index is -0.405. The summed E-state index contributed by atoms with van der Waals surface area (Å²) in [5, 5.41) is 3.75. The molecule has 0 bridgehead atoms. The van der Waals surface area contributed by atoms with Gasteiger partial charge in [-0.2, -0.15) is 0 Å². The summed E-state index contributed by atoms with van der Waals surface area (Å²) < 4.78 is 4.77.